The van der Waals surface area contributed by atoms with Gasteiger partial charge >= 0.3 is 16.0 Å². The van der Waals surface area contributed by atoms with Gasteiger partial charge < -0.3 is 8.85 Å². The summed E-state index contributed by atoms with van der Waals surface area (Å²) in [6, 6.07) is 0. The Labute approximate surface area is 82.2 Å². The molecule has 1 atom stereocenters. The van der Waals surface area contributed by atoms with Crippen molar-refractivity contribution in [2.24, 2.45) is 0 Å². The summed E-state index contributed by atoms with van der Waals surface area (Å²) in [6.45, 7) is 9.20. The van der Waals surface area contributed by atoms with Gasteiger partial charge in [-0.1, -0.05) is 19.9 Å². The number of rotatable bonds is 6. The van der Waals surface area contributed by atoms with Crippen LogP contribution in [0.3, 0.4) is 0 Å². The molecule has 0 bridgehead atoms. The molecule has 0 aromatic rings. The molecule has 0 radical (unpaired) electrons. The van der Waals surface area contributed by atoms with E-state index in [4.69, 9.17) is 8.85 Å². The van der Waals surface area contributed by atoms with E-state index in [9.17, 15) is 4.79 Å². The molecular weight excluding hydrogens is 184 g/mol. The first kappa shape index (κ1) is 12.4. The van der Waals surface area contributed by atoms with E-state index >= 15 is 0 Å². The van der Waals surface area contributed by atoms with Gasteiger partial charge in [-0.15, -0.1) is 0 Å². The van der Waals surface area contributed by atoms with Gasteiger partial charge in [-0.2, -0.15) is 0 Å². The highest BCUT2D eigenvalue weighted by Gasteiger charge is 2.05. The Bertz CT molecular complexity index is 180. The summed E-state index contributed by atoms with van der Waals surface area (Å²) in [7, 11) is -1.16. The SMILES string of the molecule is C=C(C)C(=O)O[SiH2]OC(C)CCC. The van der Waals surface area contributed by atoms with Crippen molar-refractivity contribution in [2.75, 3.05) is 0 Å². The third kappa shape index (κ3) is 6.54. The summed E-state index contributed by atoms with van der Waals surface area (Å²) in [5.41, 5.74) is 0.430. The standard InChI is InChI=1S/C9H18O3Si/c1-5-6-8(4)11-13-12-9(10)7(2)3/h8H,2,5-6,13H2,1,3-4H3. The van der Waals surface area contributed by atoms with Crippen molar-refractivity contribution < 1.29 is 13.6 Å². The quantitative estimate of drug-likeness (QED) is 0.481. The van der Waals surface area contributed by atoms with Gasteiger partial charge in [0.05, 0.1) is 0 Å². The average molecular weight is 202 g/mol. The molecule has 13 heavy (non-hydrogen) atoms. The summed E-state index contributed by atoms with van der Waals surface area (Å²) in [4.78, 5) is 10.9. The Hall–Kier alpha value is -0.613. The maximum Gasteiger partial charge on any atom is 0.369 e. The normalized spacial score (nSPS) is 13.2. The van der Waals surface area contributed by atoms with Crippen LogP contribution >= 0.6 is 0 Å². The van der Waals surface area contributed by atoms with Crippen LogP contribution < -0.4 is 0 Å². The lowest BCUT2D eigenvalue weighted by Crippen LogP contribution is -2.17. The average Bonchev–Trinajstić information content (AvgIpc) is 2.04. The molecule has 0 aliphatic carbocycles. The molecule has 0 fully saturated rings. The van der Waals surface area contributed by atoms with Gasteiger partial charge in [-0.3, -0.25) is 0 Å². The lowest BCUT2D eigenvalue weighted by molar-refractivity contribution is -0.131. The predicted octanol–water partition coefficient (Wildman–Crippen LogP) is 1.31. The highest BCUT2D eigenvalue weighted by Crippen LogP contribution is 2.00. The van der Waals surface area contributed by atoms with Crippen molar-refractivity contribution in [1.29, 1.82) is 0 Å². The van der Waals surface area contributed by atoms with Gasteiger partial charge in [0, 0.05) is 11.7 Å². The number of carbonyl (C=O) groups is 1. The smallest absolute Gasteiger partial charge is 0.369 e. The maximum atomic E-state index is 10.9. The minimum atomic E-state index is -1.16. The van der Waals surface area contributed by atoms with Crippen LogP contribution in [-0.4, -0.2) is 22.1 Å². The molecule has 3 nitrogen and oxygen atoms in total. The molecule has 0 aliphatic rings. The zero-order valence-corrected chi connectivity index (χ0v) is 10.0. The molecule has 0 rings (SSSR count). The van der Waals surface area contributed by atoms with Gasteiger partial charge in [0.15, 0.2) is 0 Å². The lowest BCUT2D eigenvalue weighted by atomic mass is 10.2. The van der Waals surface area contributed by atoms with Crippen LogP contribution in [0.25, 0.3) is 0 Å². The molecule has 1 unspecified atom stereocenters. The summed E-state index contributed by atoms with van der Waals surface area (Å²) >= 11 is 0. The minimum absolute atomic E-state index is 0.203. The number of hydrogen-bond donors (Lipinski definition) is 0. The minimum Gasteiger partial charge on any atom is -0.496 e. The van der Waals surface area contributed by atoms with E-state index in [0.717, 1.165) is 12.8 Å². The van der Waals surface area contributed by atoms with Gasteiger partial charge in [0.25, 0.3) is 0 Å². The Morgan fingerprint density at radius 2 is 2.23 bits per heavy atom. The van der Waals surface area contributed by atoms with Crippen LogP contribution in [0, 0.1) is 0 Å². The first-order chi connectivity index (χ1) is 6.07. The van der Waals surface area contributed by atoms with Gasteiger partial charge in [-0.05, 0) is 20.3 Å². The molecule has 0 aromatic heterocycles. The molecule has 76 valence electrons. The van der Waals surface area contributed by atoms with Crippen molar-refractivity contribution in [3.8, 4) is 0 Å². The Morgan fingerprint density at radius 3 is 2.69 bits per heavy atom. The fraction of sp³-hybridized carbons (Fsp3) is 0.667. The van der Waals surface area contributed by atoms with Crippen LogP contribution in [0.15, 0.2) is 12.2 Å². The summed E-state index contributed by atoms with van der Waals surface area (Å²) < 4.78 is 10.3. The van der Waals surface area contributed by atoms with E-state index < -0.39 is 10.0 Å². The molecule has 0 aliphatic heterocycles. The fourth-order valence-corrected chi connectivity index (χ4v) is 1.64. The second-order valence-electron chi connectivity index (χ2n) is 3.10. The van der Waals surface area contributed by atoms with Crippen LogP contribution in [0.5, 0.6) is 0 Å². The highest BCUT2D eigenvalue weighted by atomic mass is 28.3. The third-order valence-electron chi connectivity index (χ3n) is 1.59. The zero-order chi connectivity index (χ0) is 10.3. The zero-order valence-electron chi connectivity index (χ0n) is 8.63. The molecule has 4 heteroatoms. The maximum absolute atomic E-state index is 10.9. The summed E-state index contributed by atoms with van der Waals surface area (Å²) in [5, 5.41) is 0. The molecular formula is C9H18O3Si. The monoisotopic (exact) mass is 202 g/mol. The van der Waals surface area contributed by atoms with Crippen molar-refractivity contribution in [3.63, 3.8) is 0 Å². The van der Waals surface area contributed by atoms with E-state index in [0.29, 0.717) is 5.57 Å². The predicted molar refractivity (Wildman–Crippen MR) is 54.9 cm³/mol. The first-order valence-corrected chi connectivity index (χ1v) is 5.67. The summed E-state index contributed by atoms with van der Waals surface area (Å²) in [6.07, 6.45) is 2.30. The van der Waals surface area contributed by atoms with E-state index in [2.05, 4.69) is 13.5 Å². The van der Waals surface area contributed by atoms with Gasteiger partial charge in [0.2, 0.25) is 0 Å². The Balaban J connectivity index is 3.44. The largest absolute Gasteiger partial charge is 0.496 e. The Morgan fingerprint density at radius 1 is 1.62 bits per heavy atom. The molecule has 0 saturated carbocycles. The molecule has 0 amide bonds. The van der Waals surface area contributed by atoms with Crippen LogP contribution in [0.1, 0.15) is 33.6 Å². The second-order valence-corrected chi connectivity index (χ2v) is 3.95. The van der Waals surface area contributed by atoms with Crippen LogP contribution in [0.2, 0.25) is 0 Å². The number of hydrogen-bond acceptors (Lipinski definition) is 3. The summed E-state index contributed by atoms with van der Waals surface area (Å²) in [5.74, 6) is -0.338. The van der Waals surface area contributed by atoms with Crippen molar-refractivity contribution in [1.82, 2.24) is 0 Å². The molecule has 0 N–H and O–H groups in total. The van der Waals surface area contributed by atoms with Gasteiger partial charge in [0.1, 0.15) is 0 Å². The second kappa shape index (κ2) is 6.86. The van der Waals surface area contributed by atoms with Crippen molar-refractivity contribution in [2.45, 2.75) is 39.7 Å². The molecule has 0 saturated heterocycles. The van der Waals surface area contributed by atoms with Crippen molar-refractivity contribution in [3.05, 3.63) is 12.2 Å². The topological polar surface area (TPSA) is 35.5 Å². The van der Waals surface area contributed by atoms with Crippen LogP contribution in [-0.2, 0) is 13.6 Å². The van der Waals surface area contributed by atoms with E-state index in [1.54, 1.807) is 6.92 Å². The van der Waals surface area contributed by atoms with Crippen LogP contribution in [0.4, 0.5) is 0 Å². The van der Waals surface area contributed by atoms with Crippen molar-refractivity contribution >= 4 is 16.0 Å². The number of carbonyl (C=O) groups excluding carboxylic acids is 1. The highest BCUT2D eigenvalue weighted by molar-refractivity contribution is 6.23. The fourth-order valence-electron chi connectivity index (χ4n) is 0.817. The van der Waals surface area contributed by atoms with E-state index in [1.807, 2.05) is 6.92 Å². The molecule has 0 spiro atoms. The van der Waals surface area contributed by atoms with E-state index in [1.165, 1.54) is 0 Å². The third-order valence-corrected chi connectivity index (χ3v) is 2.67. The van der Waals surface area contributed by atoms with Gasteiger partial charge in [-0.25, -0.2) is 4.79 Å². The molecule has 0 aromatic carbocycles. The Kier molecular flexibility index (Phi) is 6.53. The first-order valence-electron chi connectivity index (χ1n) is 4.52. The van der Waals surface area contributed by atoms with E-state index in [-0.39, 0.29) is 12.1 Å². The lowest BCUT2D eigenvalue weighted by Gasteiger charge is -2.11. The molecule has 0 heterocycles.